The largest absolute Gasteiger partial charge is 0.488 e. The molecule has 0 radical (unpaired) electrons. The maximum atomic E-state index is 12.1. The number of benzene rings is 1. The number of hydrogen-bond donors (Lipinski definition) is 2. The van der Waals surface area contributed by atoms with Crippen molar-refractivity contribution in [3.63, 3.8) is 0 Å². The van der Waals surface area contributed by atoms with Gasteiger partial charge in [-0.25, -0.2) is 0 Å². The van der Waals surface area contributed by atoms with Gasteiger partial charge in [0, 0.05) is 29.0 Å². The standard InChI is InChI=1S/C16H22N2O2.ClH/c1-8-5-10-9(2)12(7-17)20-14(10)11-6-16(3,4)15(19)18-13(8)11;/h5,9,12H,6-7,17H2,1-4H3,(H,18,19);1H/t9-,12-;/m0./s1. The molecule has 4 nitrogen and oxygen atoms in total. The molecule has 0 saturated heterocycles. The van der Waals surface area contributed by atoms with Crippen molar-refractivity contribution in [3.8, 4) is 5.75 Å². The highest BCUT2D eigenvalue weighted by Gasteiger charge is 2.40. The number of ether oxygens (including phenoxy) is 1. The molecule has 21 heavy (non-hydrogen) atoms. The summed E-state index contributed by atoms with van der Waals surface area (Å²) in [5, 5.41) is 3.05. The molecule has 2 heterocycles. The number of nitrogens with one attached hydrogen (secondary N) is 1. The Kier molecular flexibility index (Phi) is 3.98. The van der Waals surface area contributed by atoms with Crippen LogP contribution in [0.2, 0.25) is 0 Å². The van der Waals surface area contributed by atoms with E-state index in [-0.39, 0.29) is 24.4 Å². The molecule has 0 aromatic heterocycles. The summed E-state index contributed by atoms with van der Waals surface area (Å²) in [5.41, 5.74) is 9.79. The zero-order valence-corrected chi connectivity index (χ0v) is 13.8. The van der Waals surface area contributed by atoms with E-state index in [0.717, 1.165) is 22.6 Å². The summed E-state index contributed by atoms with van der Waals surface area (Å²) in [6.07, 6.45) is 0.749. The molecule has 0 saturated carbocycles. The van der Waals surface area contributed by atoms with Crippen LogP contribution in [0.25, 0.3) is 0 Å². The van der Waals surface area contributed by atoms with Crippen LogP contribution in [0.4, 0.5) is 5.69 Å². The van der Waals surface area contributed by atoms with Crippen LogP contribution >= 0.6 is 12.4 Å². The number of hydrogen-bond acceptors (Lipinski definition) is 3. The van der Waals surface area contributed by atoms with E-state index in [0.29, 0.717) is 18.9 Å². The van der Waals surface area contributed by atoms with Gasteiger partial charge in [0.25, 0.3) is 0 Å². The Labute approximate surface area is 131 Å². The van der Waals surface area contributed by atoms with Crippen LogP contribution in [0.1, 0.15) is 43.4 Å². The lowest BCUT2D eigenvalue weighted by Gasteiger charge is -2.32. The number of aryl methyl sites for hydroxylation is 1. The second-order valence-corrected chi connectivity index (χ2v) is 6.66. The molecule has 1 aromatic carbocycles. The van der Waals surface area contributed by atoms with Crippen LogP contribution in [-0.2, 0) is 11.2 Å². The lowest BCUT2D eigenvalue weighted by molar-refractivity contribution is -0.124. The number of rotatable bonds is 1. The summed E-state index contributed by atoms with van der Waals surface area (Å²) in [7, 11) is 0. The van der Waals surface area contributed by atoms with Crippen molar-refractivity contribution in [1.29, 1.82) is 0 Å². The zero-order valence-electron chi connectivity index (χ0n) is 12.9. The summed E-state index contributed by atoms with van der Waals surface area (Å²) in [6.45, 7) is 8.65. The minimum atomic E-state index is -0.401. The predicted octanol–water partition coefficient (Wildman–Crippen LogP) is 2.76. The number of carbonyl (C=O) groups is 1. The average Bonchev–Trinajstić information content (AvgIpc) is 2.69. The maximum Gasteiger partial charge on any atom is 0.230 e. The number of fused-ring (bicyclic) bond motifs is 3. The monoisotopic (exact) mass is 310 g/mol. The van der Waals surface area contributed by atoms with Gasteiger partial charge >= 0.3 is 0 Å². The second-order valence-electron chi connectivity index (χ2n) is 6.66. The lowest BCUT2D eigenvalue weighted by atomic mass is 9.79. The van der Waals surface area contributed by atoms with Gasteiger partial charge in [0.15, 0.2) is 0 Å². The quantitative estimate of drug-likeness (QED) is 0.838. The van der Waals surface area contributed by atoms with Gasteiger partial charge in [-0.1, -0.05) is 20.8 Å². The van der Waals surface area contributed by atoms with E-state index < -0.39 is 5.41 Å². The smallest absolute Gasteiger partial charge is 0.230 e. The average molecular weight is 311 g/mol. The van der Waals surface area contributed by atoms with Crippen molar-refractivity contribution >= 4 is 24.0 Å². The fourth-order valence-electron chi connectivity index (χ4n) is 3.23. The molecule has 0 fully saturated rings. The van der Waals surface area contributed by atoms with Gasteiger partial charge in [0.1, 0.15) is 11.9 Å². The van der Waals surface area contributed by atoms with Crippen LogP contribution in [0.3, 0.4) is 0 Å². The Morgan fingerprint density at radius 2 is 2.14 bits per heavy atom. The Morgan fingerprint density at radius 1 is 1.48 bits per heavy atom. The topological polar surface area (TPSA) is 64.3 Å². The third-order valence-corrected chi connectivity index (χ3v) is 4.63. The van der Waals surface area contributed by atoms with Crippen LogP contribution in [-0.4, -0.2) is 18.6 Å². The van der Waals surface area contributed by atoms with Crippen molar-refractivity contribution < 1.29 is 9.53 Å². The summed E-state index contributed by atoms with van der Waals surface area (Å²) in [5.74, 6) is 1.33. The van der Waals surface area contributed by atoms with Gasteiger partial charge < -0.3 is 15.8 Å². The third-order valence-electron chi connectivity index (χ3n) is 4.63. The minimum Gasteiger partial charge on any atom is -0.488 e. The van der Waals surface area contributed by atoms with Crippen molar-refractivity contribution in [3.05, 3.63) is 22.8 Å². The van der Waals surface area contributed by atoms with Gasteiger partial charge in [0.2, 0.25) is 5.91 Å². The van der Waals surface area contributed by atoms with Crippen molar-refractivity contribution in [2.45, 2.75) is 46.1 Å². The van der Waals surface area contributed by atoms with Crippen molar-refractivity contribution in [2.75, 3.05) is 11.9 Å². The molecule has 1 aromatic rings. The number of halogens is 1. The number of anilines is 1. The van der Waals surface area contributed by atoms with Gasteiger partial charge in [-0.15, -0.1) is 12.4 Å². The molecule has 2 atom stereocenters. The molecule has 2 aliphatic heterocycles. The summed E-state index contributed by atoms with van der Waals surface area (Å²) in [4.78, 5) is 12.1. The molecular weight excluding hydrogens is 288 g/mol. The summed E-state index contributed by atoms with van der Waals surface area (Å²) < 4.78 is 6.07. The number of nitrogens with two attached hydrogens (primary N) is 1. The van der Waals surface area contributed by atoms with E-state index >= 15 is 0 Å². The molecule has 116 valence electrons. The normalized spacial score (nSPS) is 25.3. The Morgan fingerprint density at radius 3 is 2.76 bits per heavy atom. The fourth-order valence-corrected chi connectivity index (χ4v) is 3.23. The first-order chi connectivity index (χ1) is 9.35. The van der Waals surface area contributed by atoms with Crippen LogP contribution < -0.4 is 15.8 Å². The van der Waals surface area contributed by atoms with Crippen molar-refractivity contribution in [2.24, 2.45) is 11.1 Å². The molecule has 5 heteroatoms. The molecule has 1 amide bonds. The minimum absolute atomic E-state index is 0. The van der Waals surface area contributed by atoms with E-state index in [2.05, 4.69) is 18.3 Å². The predicted molar refractivity (Wildman–Crippen MR) is 86.4 cm³/mol. The van der Waals surface area contributed by atoms with E-state index in [4.69, 9.17) is 10.5 Å². The molecule has 0 unspecified atom stereocenters. The molecule has 0 aliphatic carbocycles. The second kappa shape index (κ2) is 5.18. The molecule has 2 aliphatic rings. The Bertz CT molecular complexity index is 598. The molecule has 3 N–H and O–H groups in total. The van der Waals surface area contributed by atoms with E-state index in [1.54, 1.807) is 0 Å². The van der Waals surface area contributed by atoms with Crippen molar-refractivity contribution in [1.82, 2.24) is 0 Å². The zero-order chi connectivity index (χ0) is 14.7. The Hall–Kier alpha value is -1.26. The highest BCUT2D eigenvalue weighted by Crippen LogP contribution is 2.48. The first-order valence-electron chi connectivity index (χ1n) is 7.19. The number of amides is 1. The van der Waals surface area contributed by atoms with E-state index in [1.807, 2.05) is 20.8 Å². The summed E-state index contributed by atoms with van der Waals surface area (Å²) in [6, 6.07) is 2.13. The lowest BCUT2D eigenvalue weighted by Crippen LogP contribution is -2.37. The van der Waals surface area contributed by atoms with Gasteiger partial charge in [0.05, 0.1) is 5.69 Å². The first-order valence-corrected chi connectivity index (χ1v) is 7.19. The highest BCUT2D eigenvalue weighted by molar-refractivity contribution is 5.99. The summed E-state index contributed by atoms with van der Waals surface area (Å²) >= 11 is 0. The fraction of sp³-hybridized carbons (Fsp3) is 0.562. The molecule has 3 rings (SSSR count). The molecule has 0 bridgehead atoms. The molecular formula is C16H23ClN2O2. The van der Waals surface area contributed by atoms with Crippen LogP contribution in [0.15, 0.2) is 6.07 Å². The maximum absolute atomic E-state index is 12.1. The van der Waals surface area contributed by atoms with E-state index in [9.17, 15) is 4.79 Å². The Balaban J connectivity index is 0.00000161. The van der Waals surface area contributed by atoms with Gasteiger partial charge in [-0.2, -0.15) is 0 Å². The van der Waals surface area contributed by atoms with Crippen LogP contribution in [0, 0.1) is 12.3 Å². The molecule has 0 spiro atoms. The highest BCUT2D eigenvalue weighted by atomic mass is 35.5. The van der Waals surface area contributed by atoms with Gasteiger partial charge in [-0.05, 0) is 25.0 Å². The van der Waals surface area contributed by atoms with Gasteiger partial charge in [-0.3, -0.25) is 4.79 Å². The van der Waals surface area contributed by atoms with E-state index in [1.165, 1.54) is 5.56 Å². The number of carbonyl (C=O) groups excluding carboxylic acids is 1. The van der Waals surface area contributed by atoms with Crippen LogP contribution in [0.5, 0.6) is 5.75 Å². The first kappa shape index (κ1) is 16.1. The SMILES string of the molecule is Cc1cc2c(c3c1NC(=O)C(C)(C)C3)O[C@@H](CN)[C@H]2C.Cl. The third kappa shape index (κ3) is 2.30.